The van der Waals surface area contributed by atoms with Crippen LogP contribution in [0.3, 0.4) is 0 Å². The number of benzene rings is 1. The summed E-state index contributed by atoms with van der Waals surface area (Å²) in [5.41, 5.74) is 0.451. The number of fused-ring (bicyclic) bond motifs is 1. The van der Waals surface area contributed by atoms with Crippen molar-refractivity contribution in [1.82, 2.24) is 14.3 Å². The van der Waals surface area contributed by atoms with E-state index in [0.717, 1.165) is 23.7 Å². The number of hydrogen-bond donors (Lipinski definition) is 1. The number of nitrogens with zero attached hydrogens (tertiary/aromatic N) is 2. The van der Waals surface area contributed by atoms with Crippen LogP contribution in [0, 0.1) is 18.6 Å². The molecule has 8 heteroatoms. The Balaban J connectivity index is 1.72. The van der Waals surface area contributed by atoms with Crippen molar-refractivity contribution >= 4 is 10.0 Å². The largest absolute Gasteiger partial charge is 0.333 e. The van der Waals surface area contributed by atoms with Crippen molar-refractivity contribution in [3.05, 3.63) is 53.1 Å². The highest BCUT2D eigenvalue weighted by atomic mass is 32.2. The van der Waals surface area contributed by atoms with Gasteiger partial charge < -0.3 is 4.57 Å². The molecule has 3 rings (SSSR count). The summed E-state index contributed by atoms with van der Waals surface area (Å²) in [6.45, 7) is 2.35. The Kier molecular flexibility index (Phi) is 4.20. The maximum Gasteiger partial charge on any atom is 0.216 e. The number of sulfonamides is 1. The van der Waals surface area contributed by atoms with Crippen LogP contribution in [-0.4, -0.2) is 24.0 Å². The van der Waals surface area contributed by atoms with Crippen LogP contribution in [-0.2, 0) is 28.7 Å². The molecule has 0 amide bonds. The third-order valence-electron chi connectivity index (χ3n) is 3.86. The van der Waals surface area contributed by atoms with Gasteiger partial charge >= 0.3 is 0 Å². The van der Waals surface area contributed by atoms with Gasteiger partial charge in [-0.3, -0.25) is 0 Å². The lowest BCUT2D eigenvalue weighted by molar-refractivity contribution is 0.420. The summed E-state index contributed by atoms with van der Waals surface area (Å²) in [5.74, 6) is -1.49. The fourth-order valence-corrected chi connectivity index (χ4v) is 4.28. The Hall–Kier alpha value is -1.80. The molecule has 0 saturated heterocycles. The molecule has 23 heavy (non-hydrogen) atoms. The standard InChI is InChI=1S/C15H17F2N3O2S/c1-10-7-20-8-11(5-6-15(20)18-10)19-23(21,22)9-12-13(16)3-2-4-14(12)17/h2-4,7,11,19H,5-6,8-9H2,1H3. The molecule has 2 aromatic rings. The number of aromatic nitrogens is 2. The van der Waals surface area contributed by atoms with Crippen molar-refractivity contribution < 1.29 is 17.2 Å². The van der Waals surface area contributed by atoms with Crippen molar-refractivity contribution in [2.45, 2.75) is 38.1 Å². The minimum atomic E-state index is -3.84. The highest BCUT2D eigenvalue weighted by Gasteiger charge is 2.25. The molecule has 1 atom stereocenters. The molecule has 0 radical (unpaired) electrons. The molecule has 124 valence electrons. The molecule has 1 aliphatic rings. The zero-order valence-electron chi connectivity index (χ0n) is 12.6. The van der Waals surface area contributed by atoms with E-state index >= 15 is 0 Å². The van der Waals surface area contributed by atoms with Gasteiger partial charge in [0.1, 0.15) is 17.5 Å². The first-order valence-electron chi connectivity index (χ1n) is 7.29. The van der Waals surface area contributed by atoms with Crippen LogP contribution in [0.15, 0.2) is 24.4 Å². The third kappa shape index (κ3) is 3.59. The second-order valence-electron chi connectivity index (χ2n) is 5.76. The van der Waals surface area contributed by atoms with Gasteiger partial charge in [0.15, 0.2) is 0 Å². The first-order valence-corrected chi connectivity index (χ1v) is 8.95. The lowest BCUT2D eigenvalue weighted by atomic mass is 10.1. The van der Waals surface area contributed by atoms with Gasteiger partial charge in [-0.05, 0) is 25.5 Å². The Bertz CT molecular complexity index is 813. The molecule has 1 aliphatic heterocycles. The topological polar surface area (TPSA) is 64.0 Å². The van der Waals surface area contributed by atoms with Gasteiger partial charge in [0.25, 0.3) is 0 Å². The Morgan fingerprint density at radius 1 is 1.35 bits per heavy atom. The average Bonchev–Trinajstić information content (AvgIpc) is 2.82. The maximum absolute atomic E-state index is 13.6. The second kappa shape index (κ2) is 6.01. The first kappa shape index (κ1) is 16.1. The van der Waals surface area contributed by atoms with E-state index in [2.05, 4.69) is 9.71 Å². The predicted octanol–water partition coefficient (Wildman–Crippen LogP) is 1.90. The molecule has 5 nitrogen and oxygen atoms in total. The van der Waals surface area contributed by atoms with Crippen molar-refractivity contribution in [2.75, 3.05) is 0 Å². The number of aryl methyl sites for hydroxylation is 2. The number of rotatable bonds is 4. The Morgan fingerprint density at radius 3 is 2.74 bits per heavy atom. The van der Waals surface area contributed by atoms with E-state index in [1.165, 1.54) is 6.07 Å². The fraction of sp³-hybridized carbons (Fsp3) is 0.400. The Morgan fingerprint density at radius 2 is 2.04 bits per heavy atom. The van der Waals surface area contributed by atoms with Crippen LogP contribution < -0.4 is 4.72 Å². The van der Waals surface area contributed by atoms with Gasteiger partial charge in [-0.2, -0.15) is 0 Å². The first-order chi connectivity index (χ1) is 10.8. The number of nitrogens with one attached hydrogen (secondary N) is 1. The summed E-state index contributed by atoms with van der Waals surface area (Å²) in [6, 6.07) is 3.00. The summed E-state index contributed by atoms with van der Waals surface area (Å²) in [4.78, 5) is 4.36. The van der Waals surface area contributed by atoms with Crippen molar-refractivity contribution in [3.63, 3.8) is 0 Å². The van der Waals surface area contributed by atoms with Crippen molar-refractivity contribution in [2.24, 2.45) is 0 Å². The summed E-state index contributed by atoms with van der Waals surface area (Å²) < 4.78 is 56.1. The number of hydrogen-bond acceptors (Lipinski definition) is 3. The molecule has 0 aliphatic carbocycles. The summed E-state index contributed by atoms with van der Waals surface area (Å²) in [7, 11) is -3.84. The minimum absolute atomic E-state index is 0.309. The van der Waals surface area contributed by atoms with Crippen molar-refractivity contribution in [1.29, 1.82) is 0 Å². The zero-order valence-corrected chi connectivity index (χ0v) is 13.4. The fourth-order valence-electron chi connectivity index (χ4n) is 2.84. The monoisotopic (exact) mass is 341 g/mol. The summed E-state index contributed by atoms with van der Waals surface area (Å²) >= 11 is 0. The Labute approximate surface area is 133 Å². The second-order valence-corrected chi connectivity index (χ2v) is 7.52. The molecular weight excluding hydrogens is 324 g/mol. The molecule has 1 aromatic carbocycles. The van der Waals surface area contributed by atoms with Gasteiger partial charge in [0.05, 0.1) is 11.4 Å². The van der Waals surface area contributed by atoms with Crippen LogP contribution in [0.1, 0.15) is 23.5 Å². The van der Waals surface area contributed by atoms with E-state index in [4.69, 9.17) is 0 Å². The third-order valence-corrected chi connectivity index (χ3v) is 5.22. The lowest BCUT2D eigenvalue weighted by Crippen LogP contribution is -2.41. The molecular formula is C15H17F2N3O2S. The number of imidazole rings is 1. The van der Waals surface area contributed by atoms with Crippen LogP contribution in [0.25, 0.3) is 0 Å². The molecule has 1 unspecified atom stereocenters. The summed E-state index contributed by atoms with van der Waals surface area (Å²) in [6.07, 6.45) is 3.14. The molecule has 2 heterocycles. The van der Waals surface area contributed by atoms with E-state index < -0.39 is 33.0 Å². The van der Waals surface area contributed by atoms with Crippen molar-refractivity contribution in [3.8, 4) is 0 Å². The SMILES string of the molecule is Cc1cn2c(n1)CCC(NS(=O)(=O)Cc1c(F)cccc1F)C2. The van der Waals surface area contributed by atoms with E-state index in [-0.39, 0.29) is 6.04 Å². The molecule has 0 saturated carbocycles. The van der Waals surface area contributed by atoms with Crippen LogP contribution in [0.4, 0.5) is 8.78 Å². The minimum Gasteiger partial charge on any atom is -0.333 e. The summed E-state index contributed by atoms with van der Waals surface area (Å²) in [5, 5.41) is 0. The van der Waals surface area contributed by atoms with Gasteiger partial charge in [0, 0.05) is 30.8 Å². The molecule has 1 N–H and O–H groups in total. The molecule has 0 fully saturated rings. The molecule has 0 spiro atoms. The number of halogens is 2. The lowest BCUT2D eigenvalue weighted by Gasteiger charge is -2.24. The van der Waals surface area contributed by atoms with E-state index in [1.54, 1.807) is 0 Å². The van der Waals surface area contributed by atoms with E-state index in [0.29, 0.717) is 19.4 Å². The van der Waals surface area contributed by atoms with Crippen LogP contribution in [0.5, 0.6) is 0 Å². The maximum atomic E-state index is 13.6. The molecule has 1 aromatic heterocycles. The van der Waals surface area contributed by atoms with E-state index in [1.807, 2.05) is 17.7 Å². The average molecular weight is 341 g/mol. The molecule has 0 bridgehead atoms. The van der Waals surface area contributed by atoms with Crippen LogP contribution >= 0.6 is 0 Å². The quantitative estimate of drug-likeness (QED) is 0.924. The highest BCUT2D eigenvalue weighted by molar-refractivity contribution is 7.88. The van der Waals surface area contributed by atoms with Gasteiger partial charge in [-0.15, -0.1) is 0 Å². The normalized spacial score (nSPS) is 18.0. The van der Waals surface area contributed by atoms with Crippen LogP contribution in [0.2, 0.25) is 0 Å². The van der Waals surface area contributed by atoms with E-state index in [9.17, 15) is 17.2 Å². The smallest absolute Gasteiger partial charge is 0.216 e. The predicted molar refractivity (Wildman–Crippen MR) is 81.2 cm³/mol. The zero-order chi connectivity index (χ0) is 16.6. The highest BCUT2D eigenvalue weighted by Crippen LogP contribution is 2.18. The van der Waals surface area contributed by atoms with Gasteiger partial charge in [0.2, 0.25) is 10.0 Å². The van der Waals surface area contributed by atoms with Gasteiger partial charge in [-0.25, -0.2) is 26.9 Å². The van der Waals surface area contributed by atoms with Gasteiger partial charge in [-0.1, -0.05) is 6.07 Å².